The van der Waals surface area contributed by atoms with Gasteiger partial charge in [-0.2, -0.15) is 11.8 Å². The fraction of sp³-hybridized carbons (Fsp3) is 0.571. The van der Waals surface area contributed by atoms with Crippen LogP contribution in [0.25, 0.3) is 0 Å². The molecule has 3 amide bonds. The molecule has 3 heterocycles. The Morgan fingerprint density at radius 1 is 1.50 bits per heavy atom. The van der Waals surface area contributed by atoms with Crippen molar-refractivity contribution in [2.75, 3.05) is 24.7 Å². The lowest BCUT2D eigenvalue weighted by molar-refractivity contribution is -0.131. The van der Waals surface area contributed by atoms with Gasteiger partial charge in [-0.15, -0.1) is 11.3 Å². The van der Waals surface area contributed by atoms with E-state index >= 15 is 0 Å². The second-order valence-corrected chi connectivity index (χ2v) is 7.62. The van der Waals surface area contributed by atoms with Gasteiger partial charge in [-0.25, -0.2) is 4.79 Å². The number of thiophene rings is 1. The van der Waals surface area contributed by atoms with Crippen LogP contribution >= 0.6 is 23.1 Å². The lowest BCUT2D eigenvalue weighted by Crippen LogP contribution is -2.47. The SMILES string of the molecule is O=C1N[C@@]2(CCSC2)C(=O)N1C[C@@H](O)COCc1cccs1. The number of imide groups is 1. The van der Waals surface area contributed by atoms with Gasteiger partial charge in [-0.05, 0) is 23.6 Å². The third-order valence-electron chi connectivity index (χ3n) is 3.80. The number of amides is 3. The van der Waals surface area contributed by atoms with E-state index in [1.54, 1.807) is 23.1 Å². The Balaban J connectivity index is 1.49. The average Bonchev–Trinajstić information content (AvgIpc) is 3.19. The molecule has 2 atom stereocenters. The van der Waals surface area contributed by atoms with Gasteiger partial charge in [0.2, 0.25) is 0 Å². The Morgan fingerprint density at radius 2 is 2.36 bits per heavy atom. The van der Waals surface area contributed by atoms with E-state index in [0.29, 0.717) is 18.8 Å². The van der Waals surface area contributed by atoms with Crippen LogP contribution in [-0.4, -0.2) is 58.2 Å². The molecule has 2 aliphatic heterocycles. The predicted molar refractivity (Wildman–Crippen MR) is 84.9 cm³/mol. The van der Waals surface area contributed by atoms with Crippen molar-refractivity contribution < 1.29 is 19.4 Å². The first-order chi connectivity index (χ1) is 10.6. The molecule has 2 fully saturated rings. The van der Waals surface area contributed by atoms with E-state index < -0.39 is 17.7 Å². The number of ether oxygens (including phenoxy) is 1. The second kappa shape index (κ2) is 6.57. The molecule has 0 saturated carbocycles. The quantitative estimate of drug-likeness (QED) is 0.756. The van der Waals surface area contributed by atoms with Crippen LogP contribution in [0.5, 0.6) is 0 Å². The topological polar surface area (TPSA) is 78.9 Å². The number of β-amino-alcohol motifs (C(OH)–C–C–N with tert-alkyl or cyclic N) is 1. The van der Waals surface area contributed by atoms with Gasteiger partial charge in [-0.3, -0.25) is 9.69 Å². The highest BCUT2D eigenvalue weighted by atomic mass is 32.2. The zero-order valence-corrected chi connectivity index (χ0v) is 13.6. The molecule has 0 bridgehead atoms. The molecule has 0 unspecified atom stereocenters. The standard InChI is InChI=1S/C14H18N2O4S2/c17-10(7-20-8-11-2-1-4-22-11)6-16-12(18)14(15-13(16)19)3-5-21-9-14/h1-2,4,10,17H,3,5-9H2,(H,15,19)/t10-,14-/m1/s1. The highest BCUT2D eigenvalue weighted by Gasteiger charge is 2.53. The van der Waals surface area contributed by atoms with Crippen molar-refractivity contribution >= 4 is 35.0 Å². The number of nitrogens with zero attached hydrogens (tertiary/aromatic N) is 1. The molecule has 2 N–H and O–H groups in total. The van der Waals surface area contributed by atoms with Gasteiger partial charge in [0.05, 0.1) is 25.9 Å². The van der Waals surface area contributed by atoms with Gasteiger partial charge in [0.1, 0.15) is 5.54 Å². The summed E-state index contributed by atoms with van der Waals surface area (Å²) in [6.07, 6.45) is -0.220. The van der Waals surface area contributed by atoms with E-state index in [4.69, 9.17) is 4.74 Å². The minimum absolute atomic E-state index is 0.0263. The van der Waals surface area contributed by atoms with E-state index in [1.165, 1.54) is 0 Å². The summed E-state index contributed by atoms with van der Waals surface area (Å²) < 4.78 is 5.42. The molecule has 120 valence electrons. The zero-order chi connectivity index (χ0) is 15.6. The molecular formula is C14H18N2O4S2. The smallest absolute Gasteiger partial charge is 0.325 e. The molecule has 2 aliphatic rings. The number of carbonyl (C=O) groups is 2. The molecule has 1 aromatic heterocycles. The molecule has 1 spiro atoms. The third-order valence-corrected chi connectivity index (χ3v) is 5.84. The Hall–Kier alpha value is -1.09. The van der Waals surface area contributed by atoms with Crippen LogP contribution in [0.2, 0.25) is 0 Å². The van der Waals surface area contributed by atoms with Gasteiger partial charge in [-0.1, -0.05) is 6.07 Å². The summed E-state index contributed by atoms with van der Waals surface area (Å²) in [6, 6.07) is 3.48. The lowest BCUT2D eigenvalue weighted by Gasteiger charge is -2.20. The molecule has 22 heavy (non-hydrogen) atoms. The van der Waals surface area contributed by atoms with Gasteiger partial charge < -0.3 is 15.2 Å². The van der Waals surface area contributed by atoms with Crippen LogP contribution in [0.15, 0.2) is 17.5 Å². The number of thioether (sulfide) groups is 1. The zero-order valence-electron chi connectivity index (χ0n) is 12.0. The summed E-state index contributed by atoms with van der Waals surface area (Å²) in [4.78, 5) is 26.6. The molecular weight excluding hydrogens is 324 g/mol. The lowest BCUT2D eigenvalue weighted by atomic mass is 9.99. The molecule has 6 nitrogen and oxygen atoms in total. The van der Waals surface area contributed by atoms with Crippen molar-refractivity contribution in [1.29, 1.82) is 0 Å². The highest BCUT2D eigenvalue weighted by Crippen LogP contribution is 2.33. The van der Waals surface area contributed by atoms with Crippen molar-refractivity contribution in [2.45, 2.75) is 24.7 Å². The summed E-state index contributed by atoms with van der Waals surface area (Å²) in [7, 11) is 0. The third kappa shape index (κ3) is 3.15. The summed E-state index contributed by atoms with van der Waals surface area (Å²) >= 11 is 3.24. The largest absolute Gasteiger partial charge is 0.389 e. The van der Waals surface area contributed by atoms with Gasteiger partial charge in [0, 0.05) is 10.6 Å². The fourth-order valence-electron chi connectivity index (χ4n) is 2.63. The predicted octanol–water partition coefficient (Wildman–Crippen LogP) is 1.05. The Bertz CT molecular complexity index is 543. The molecule has 0 radical (unpaired) electrons. The number of rotatable bonds is 6. The van der Waals surface area contributed by atoms with Crippen LogP contribution < -0.4 is 5.32 Å². The molecule has 8 heteroatoms. The number of urea groups is 1. The van der Waals surface area contributed by atoms with Crippen LogP contribution in [0.3, 0.4) is 0 Å². The number of hydrogen-bond donors (Lipinski definition) is 2. The molecule has 0 aliphatic carbocycles. The van der Waals surface area contributed by atoms with Crippen molar-refractivity contribution in [2.24, 2.45) is 0 Å². The number of hydrogen-bond acceptors (Lipinski definition) is 6. The van der Waals surface area contributed by atoms with Crippen molar-refractivity contribution in [1.82, 2.24) is 10.2 Å². The summed E-state index contributed by atoms with van der Waals surface area (Å²) in [6.45, 7) is 0.494. The molecule has 1 aromatic rings. The van der Waals surface area contributed by atoms with Crippen LogP contribution in [0, 0.1) is 0 Å². The second-order valence-electron chi connectivity index (χ2n) is 5.48. The van der Waals surface area contributed by atoms with E-state index in [9.17, 15) is 14.7 Å². The Morgan fingerprint density at radius 3 is 3.05 bits per heavy atom. The van der Waals surface area contributed by atoms with Gasteiger partial charge >= 0.3 is 6.03 Å². The maximum Gasteiger partial charge on any atom is 0.325 e. The molecule has 3 rings (SSSR count). The van der Waals surface area contributed by atoms with Crippen molar-refractivity contribution in [3.63, 3.8) is 0 Å². The minimum atomic E-state index is -0.876. The maximum absolute atomic E-state index is 12.4. The molecule has 2 saturated heterocycles. The van der Waals surface area contributed by atoms with Crippen LogP contribution in [0.4, 0.5) is 4.79 Å². The van der Waals surface area contributed by atoms with Crippen LogP contribution in [-0.2, 0) is 16.1 Å². The van der Waals surface area contributed by atoms with E-state index in [-0.39, 0.29) is 19.1 Å². The maximum atomic E-state index is 12.4. The van der Waals surface area contributed by atoms with Gasteiger partial charge in [0.15, 0.2) is 0 Å². The van der Waals surface area contributed by atoms with E-state index in [0.717, 1.165) is 15.5 Å². The van der Waals surface area contributed by atoms with E-state index in [2.05, 4.69) is 5.32 Å². The highest BCUT2D eigenvalue weighted by molar-refractivity contribution is 7.99. The van der Waals surface area contributed by atoms with Crippen LogP contribution in [0.1, 0.15) is 11.3 Å². The minimum Gasteiger partial charge on any atom is -0.389 e. The van der Waals surface area contributed by atoms with Crippen molar-refractivity contribution in [3.05, 3.63) is 22.4 Å². The Kier molecular flexibility index (Phi) is 4.72. The summed E-state index contributed by atoms with van der Waals surface area (Å²) in [5, 5.41) is 14.7. The number of aliphatic hydroxyl groups excluding tert-OH is 1. The fourth-order valence-corrected chi connectivity index (χ4v) is 4.59. The summed E-state index contributed by atoms with van der Waals surface area (Å²) in [5.74, 6) is 1.26. The average molecular weight is 342 g/mol. The van der Waals surface area contributed by atoms with Crippen molar-refractivity contribution in [3.8, 4) is 0 Å². The first kappa shape index (κ1) is 15.8. The van der Waals surface area contributed by atoms with Gasteiger partial charge in [0.25, 0.3) is 5.91 Å². The Labute approximate surface area is 136 Å². The monoisotopic (exact) mass is 342 g/mol. The summed E-state index contributed by atoms with van der Waals surface area (Å²) in [5.41, 5.74) is -0.751. The number of carbonyl (C=O) groups excluding carboxylic acids is 2. The first-order valence-electron chi connectivity index (χ1n) is 7.11. The normalized spacial score (nSPS) is 26.0. The number of nitrogens with one attached hydrogen (secondary N) is 1. The first-order valence-corrected chi connectivity index (χ1v) is 9.14. The number of aliphatic hydroxyl groups is 1. The molecule has 0 aromatic carbocycles. The van der Waals surface area contributed by atoms with E-state index in [1.807, 2.05) is 17.5 Å².